The van der Waals surface area contributed by atoms with E-state index in [-0.39, 0.29) is 0 Å². The molecule has 0 aliphatic carbocycles. The first-order chi connectivity index (χ1) is 19.1. The van der Waals surface area contributed by atoms with Gasteiger partial charge in [-0.3, -0.25) is 0 Å². The zero-order chi connectivity index (χ0) is 27.2. The Kier molecular flexibility index (Phi) is 7.76. The smallest absolute Gasteiger partial charge is 0.0715 e. The van der Waals surface area contributed by atoms with Gasteiger partial charge < -0.3 is 10.5 Å². The summed E-state index contributed by atoms with van der Waals surface area (Å²) in [6.07, 6.45) is 5.50. The monoisotopic (exact) mass is 523 g/mol. The summed E-state index contributed by atoms with van der Waals surface area (Å²) in [5, 5.41) is 0. The first-order valence-corrected chi connectivity index (χ1v) is 13.1. The summed E-state index contributed by atoms with van der Waals surface area (Å²) < 4.78 is 2.97. The molecular formula is C35H29N3S. The molecule has 3 N–H and O–H groups in total. The number of anilines is 2. The van der Waals surface area contributed by atoms with Gasteiger partial charge in [-0.2, -0.15) is 0 Å². The van der Waals surface area contributed by atoms with Crippen molar-refractivity contribution in [1.29, 1.82) is 0 Å². The topological polar surface area (TPSA) is 50.9 Å². The third-order valence-corrected chi connectivity index (χ3v) is 6.82. The van der Waals surface area contributed by atoms with E-state index in [1.807, 2.05) is 48.6 Å². The van der Waals surface area contributed by atoms with Crippen LogP contribution >= 0.6 is 12.8 Å². The molecule has 0 radical (unpaired) electrons. The van der Waals surface area contributed by atoms with Gasteiger partial charge >= 0.3 is 0 Å². The molecule has 0 bridgehead atoms. The molecule has 0 aliphatic heterocycles. The first kappa shape index (κ1) is 25.8. The average molecular weight is 524 g/mol. The molecule has 0 atom stereocenters. The molecule has 190 valence electrons. The number of hydrogen-bond acceptors (Lipinski definition) is 4. The summed E-state index contributed by atoms with van der Waals surface area (Å²) in [7, 11) is 0. The van der Waals surface area contributed by atoms with Crippen LogP contribution in [0.5, 0.6) is 0 Å². The number of thiol groups is 1. The summed E-state index contributed by atoms with van der Waals surface area (Å²) in [5.74, 6) is 0. The van der Waals surface area contributed by atoms with Crippen LogP contribution in [0.3, 0.4) is 0 Å². The van der Waals surface area contributed by atoms with Crippen molar-refractivity contribution in [3.8, 4) is 44.6 Å². The molecule has 4 aromatic carbocycles. The molecule has 3 nitrogen and oxygen atoms in total. The molecular weight excluding hydrogens is 494 g/mol. The van der Waals surface area contributed by atoms with E-state index in [4.69, 9.17) is 10.7 Å². The Labute approximate surface area is 235 Å². The lowest BCUT2D eigenvalue weighted by Gasteiger charge is -2.13. The summed E-state index contributed by atoms with van der Waals surface area (Å²) in [6, 6.07) is 37.3. The van der Waals surface area contributed by atoms with Gasteiger partial charge in [-0.15, -0.1) is 0 Å². The molecule has 0 saturated carbocycles. The fourth-order valence-electron chi connectivity index (χ4n) is 4.63. The molecule has 0 fully saturated rings. The molecule has 0 saturated heterocycles. The number of allylic oxidation sites excluding steroid dienone is 4. The quantitative estimate of drug-likeness (QED) is 0.108. The second kappa shape index (κ2) is 11.7. The van der Waals surface area contributed by atoms with E-state index in [0.29, 0.717) is 5.69 Å². The molecule has 5 aromatic rings. The maximum absolute atomic E-state index is 6.10. The van der Waals surface area contributed by atoms with Crippen molar-refractivity contribution in [3.05, 3.63) is 146 Å². The first-order valence-electron chi connectivity index (χ1n) is 12.6. The van der Waals surface area contributed by atoms with Crippen LogP contribution in [0.4, 0.5) is 11.4 Å². The Bertz CT molecular complexity index is 1690. The molecule has 1 heterocycles. The molecule has 39 heavy (non-hydrogen) atoms. The van der Waals surface area contributed by atoms with Crippen LogP contribution in [-0.4, -0.2) is 4.98 Å². The zero-order valence-electron chi connectivity index (χ0n) is 21.5. The van der Waals surface area contributed by atoms with Gasteiger partial charge in [0, 0.05) is 16.8 Å². The Hall–Kier alpha value is -4.80. The van der Waals surface area contributed by atoms with E-state index in [1.165, 1.54) is 0 Å². The summed E-state index contributed by atoms with van der Waals surface area (Å²) in [5.41, 5.74) is 17.9. The van der Waals surface area contributed by atoms with Crippen LogP contribution < -0.4 is 10.5 Å². The molecule has 0 amide bonds. The lowest BCUT2D eigenvalue weighted by Crippen LogP contribution is -1.94. The summed E-state index contributed by atoms with van der Waals surface area (Å²) in [6.45, 7) is 7.85. The van der Waals surface area contributed by atoms with Crippen molar-refractivity contribution in [2.45, 2.75) is 0 Å². The van der Waals surface area contributed by atoms with Crippen molar-refractivity contribution >= 4 is 29.8 Å². The highest BCUT2D eigenvalue weighted by atomic mass is 32.1. The third-order valence-electron chi connectivity index (χ3n) is 6.57. The number of nitrogen functional groups attached to an aromatic ring is 1. The molecule has 1 aromatic heterocycles. The largest absolute Gasteiger partial charge is 0.399 e. The zero-order valence-corrected chi connectivity index (χ0v) is 22.4. The van der Waals surface area contributed by atoms with Gasteiger partial charge in [0.05, 0.1) is 17.1 Å². The molecule has 5 rings (SSSR count). The van der Waals surface area contributed by atoms with Crippen molar-refractivity contribution in [2.75, 3.05) is 10.5 Å². The van der Waals surface area contributed by atoms with E-state index in [0.717, 1.165) is 61.6 Å². The summed E-state index contributed by atoms with van der Waals surface area (Å²) in [4.78, 5) is 4.96. The van der Waals surface area contributed by atoms with E-state index in [1.54, 1.807) is 6.08 Å². The molecule has 4 heteroatoms. The number of aromatic nitrogens is 1. The number of rotatable bonds is 8. The normalized spacial score (nSPS) is 11.2. The Morgan fingerprint density at radius 1 is 0.692 bits per heavy atom. The predicted molar refractivity (Wildman–Crippen MR) is 171 cm³/mol. The number of nitrogens with one attached hydrogen (secondary N) is 1. The second-order valence-corrected chi connectivity index (χ2v) is 9.36. The fourth-order valence-corrected chi connectivity index (χ4v) is 4.82. The average Bonchev–Trinajstić information content (AvgIpc) is 3.00. The number of nitrogens with two attached hydrogens (primary N) is 1. The van der Waals surface area contributed by atoms with Gasteiger partial charge in [0.1, 0.15) is 0 Å². The van der Waals surface area contributed by atoms with Crippen LogP contribution in [0.25, 0.3) is 50.2 Å². The molecule has 0 aliphatic rings. The third kappa shape index (κ3) is 5.71. The van der Waals surface area contributed by atoms with Gasteiger partial charge in [0.2, 0.25) is 0 Å². The highest BCUT2D eigenvalue weighted by Gasteiger charge is 2.11. The van der Waals surface area contributed by atoms with Gasteiger partial charge in [-0.05, 0) is 75.9 Å². The van der Waals surface area contributed by atoms with Gasteiger partial charge in [-0.25, -0.2) is 4.98 Å². The Morgan fingerprint density at radius 3 is 2.00 bits per heavy atom. The fraction of sp³-hybridized carbons (Fsp3) is 0. The van der Waals surface area contributed by atoms with E-state index in [2.05, 4.69) is 103 Å². The Balaban J connectivity index is 1.61. The van der Waals surface area contributed by atoms with E-state index >= 15 is 0 Å². The minimum absolute atomic E-state index is 0.705. The highest BCUT2D eigenvalue weighted by Crippen LogP contribution is 2.35. The van der Waals surface area contributed by atoms with Crippen LogP contribution in [0.15, 0.2) is 141 Å². The maximum Gasteiger partial charge on any atom is 0.0715 e. The van der Waals surface area contributed by atoms with Crippen molar-refractivity contribution in [3.63, 3.8) is 0 Å². The number of benzene rings is 4. The summed E-state index contributed by atoms with van der Waals surface area (Å²) >= 11 is 4.28. The standard InChI is InChI=1S/C35H29N3S/c1-3-10-24(4-2)34-21-30(22-35(37-34)25-11-6-5-7-12-25)28-15-8-13-26(19-28)27-14-9-16-29(20-27)32-23-31(36)17-18-33(32)38-39/h3-23,38-39H,1-2,36H2/b24-10+. The predicted octanol–water partition coefficient (Wildman–Crippen LogP) is 9.34. The van der Waals surface area contributed by atoms with Crippen molar-refractivity contribution in [1.82, 2.24) is 4.98 Å². The highest BCUT2D eigenvalue weighted by molar-refractivity contribution is 7.81. The Morgan fingerprint density at radius 2 is 1.33 bits per heavy atom. The maximum atomic E-state index is 6.10. The molecule has 0 spiro atoms. The van der Waals surface area contributed by atoms with E-state index < -0.39 is 0 Å². The number of nitrogens with zero attached hydrogens (tertiary/aromatic N) is 1. The number of hydrogen-bond donors (Lipinski definition) is 3. The van der Waals surface area contributed by atoms with Gasteiger partial charge in [0.25, 0.3) is 0 Å². The second-order valence-electron chi connectivity index (χ2n) is 9.13. The van der Waals surface area contributed by atoms with Gasteiger partial charge in [0.15, 0.2) is 0 Å². The molecule has 0 unspecified atom stereocenters. The van der Waals surface area contributed by atoms with Crippen LogP contribution in [0.2, 0.25) is 0 Å². The van der Waals surface area contributed by atoms with Crippen LogP contribution in [0.1, 0.15) is 5.69 Å². The minimum Gasteiger partial charge on any atom is -0.399 e. The van der Waals surface area contributed by atoms with Crippen LogP contribution in [-0.2, 0) is 0 Å². The lowest BCUT2D eigenvalue weighted by atomic mass is 9.94. The SMILES string of the molecule is C=C/C=C(\C=C)c1cc(-c2cccc(-c3cccc(-c4cc(N)ccc4NS)c3)c2)cc(-c2ccccc2)n1. The van der Waals surface area contributed by atoms with Gasteiger partial charge in [-0.1, -0.05) is 111 Å². The van der Waals surface area contributed by atoms with E-state index in [9.17, 15) is 0 Å². The lowest BCUT2D eigenvalue weighted by molar-refractivity contribution is 1.28. The van der Waals surface area contributed by atoms with Crippen molar-refractivity contribution < 1.29 is 0 Å². The van der Waals surface area contributed by atoms with Crippen molar-refractivity contribution in [2.24, 2.45) is 0 Å². The minimum atomic E-state index is 0.705. The van der Waals surface area contributed by atoms with Crippen LogP contribution in [0, 0.1) is 0 Å². The number of pyridine rings is 1.